The minimum absolute atomic E-state index is 0.111. The lowest BCUT2D eigenvalue weighted by molar-refractivity contribution is 0.0993. The minimum atomic E-state index is -0.724. The summed E-state index contributed by atoms with van der Waals surface area (Å²) in [5.41, 5.74) is 1.98. The molecule has 3 aromatic rings. The number of benzene rings is 3. The standard InChI is InChI=1S/C20H13ClF2N2O/c21-12-5-8-14(9-6-12)25-19(15-3-1-2-4-16(15)20(25)26)24-18-10-7-13(22)11-17(18)23/h1-11,19,24H/t19-/m1/s1. The van der Waals surface area contributed by atoms with E-state index in [1.54, 1.807) is 36.4 Å². The molecule has 0 spiro atoms. The fraction of sp³-hybridized carbons (Fsp3) is 0.0500. The Morgan fingerprint density at radius 3 is 2.42 bits per heavy atom. The summed E-state index contributed by atoms with van der Waals surface area (Å²) in [5, 5.41) is 3.56. The smallest absolute Gasteiger partial charge is 0.260 e. The van der Waals surface area contributed by atoms with Crippen LogP contribution in [0.4, 0.5) is 20.2 Å². The van der Waals surface area contributed by atoms with E-state index in [1.165, 1.54) is 17.0 Å². The van der Waals surface area contributed by atoms with Gasteiger partial charge >= 0.3 is 0 Å². The average Bonchev–Trinajstić information content (AvgIpc) is 2.91. The largest absolute Gasteiger partial charge is 0.359 e. The molecule has 3 aromatic carbocycles. The lowest BCUT2D eigenvalue weighted by Crippen LogP contribution is -2.32. The highest BCUT2D eigenvalue weighted by Crippen LogP contribution is 2.38. The Bertz CT molecular complexity index is 991. The molecule has 1 heterocycles. The van der Waals surface area contributed by atoms with Gasteiger partial charge in [0.2, 0.25) is 0 Å². The first-order valence-corrected chi connectivity index (χ1v) is 8.32. The second-order valence-corrected chi connectivity index (χ2v) is 6.35. The maximum Gasteiger partial charge on any atom is 0.260 e. The molecule has 0 fully saturated rings. The molecule has 0 saturated carbocycles. The van der Waals surface area contributed by atoms with E-state index in [-0.39, 0.29) is 11.6 Å². The molecule has 0 unspecified atom stereocenters. The summed E-state index contributed by atoms with van der Waals surface area (Å²) >= 11 is 5.94. The second kappa shape index (κ2) is 6.42. The van der Waals surface area contributed by atoms with Crippen molar-refractivity contribution in [2.75, 3.05) is 10.2 Å². The van der Waals surface area contributed by atoms with Crippen molar-refractivity contribution < 1.29 is 13.6 Å². The molecular weight excluding hydrogens is 358 g/mol. The predicted molar refractivity (Wildman–Crippen MR) is 97.4 cm³/mol. The van der Waals surface area contributed by atoms with Crippen molar-refractivity contribution in [3.63, 3.8) is 0 Å². The molecular formula is C20H13ClF2N2O. The first-order chi connectivity index (χ1) is 12.5. The van der Waals surface area contributed by atoms with Crippen molar-refractivity contribution in [1.82, 2.24) is 0 Å². The summed E-state index contributed by atoms with van der Waals surface area (Å²) < 4.78 is 27.3. The zero-order valence-electron chi connectivity index (χ0n) is 13.4. The van der Waals surface area contributed by atoms with Gasteiger partial charge in [0.25, 0.3) is 5.91 Å². The van der Waals surface area contributed by atoms with Gasteiger partial charge in [0.05, 0.1) is 5.69 Å². The molecule has 6 heteroatoms. The number of amides is 1. The number of halogens is 3. The van der Waals surface area contributed by atoms with Gasteiger partial charge in [0.1, 0.15) is 17.8 Å². The SMILES string of the molecule is O=C1c2ccccc2[C@H](Nc2ccc(F)cc2F)N1c1ccc(Cl)cc1. The molecule has 0 aliphatic carbocycles. The number of nitrogens with zero attached hydrogens (tertiary/aromatic N) is 1. The highest BCUT2D eigenvalue weighted by Gasteiger charge is 2.37. The van der Waals surface area contributed by atoms with Crippen LogP contribution in [0.15, 0.2) is 66.7 Å². The molecule has 4 rings (SSSR count). The lowest BCUT2D eigenvalue weighted by atomic mass is 10.1. The van der Waals surface area contributed by atoms with Crippen LogP contribution in [-0.2, 0) is 0 Å². The van der Waals surface area contributed by atoms with E-state index in [1.807, 2.05) is 12.1 Å². The first kappa shape index (κ1) is 16.5. The number of anilines is 2. The third-order valence-electron chi connectivity index (χ3n) is 4.29. The summed E-state index contributed by atoms with van der Waals surface area (Å²) in [7, 11) is 0. The van der Waals surface area contributed by atoms with Crippen LogP contribution in [0.1, 0.15) is 22.1 Å². The Morgan fingerprint density at radius 2 is 1.69 bits per heavy atom. The van der Waals surface area contributed by atoms with Crippen molar-refractivity contribution in [3.05, 3.63) is 94.5 Å². The lowest BCUT2D eigenvalue weighted by Gasteiger charge is -2.27. The molecule has 130 valence electrons. The van der Waals surface area contributed by atoms with Crippen LogP contribution in [-0.4, -0.2) is 5.91 Å². The molecule has 1 aliphatic rings. The van der Waals surface area contributed by atoms with Crippen LogP contribution in [0.25, 0.3) is 0 Å². The zero-order chi connectivity index (χ0) is 18.3. The Balaban J connectivity index is 1.79. The average molecular weight is 371 g/mol. The fourth-order valence-corrected chi connectivity index (χ4v) is 3.21. The van der Waals surface area contributed by atoms with Gasteiger partial charge in [-0.25, -0.2) is 8.78 Å². The van der Waals surface area contributed by atoms with Crippen molar-refractivity contribution in [2.45, 2.75) is 6.17 Å². The van der Waals surface area contributed by atoms with Gasteiger partial charge < -0.3 is 5.32 Å². The first-order valence-electron chi connectivity index (χ1n) is 7.94. The van der Waals surface area contributed by atoms with Crippen LogP contribution in [0.3, 0.4) is 0 Å². The van der Waals surface area contributed by atoms with E-state index < -0.39 is 17.8 Å². The van der Waals surface area contributed by atoms with Crippen molar-refractivity contribution in [3.8, 4) is 0 Å². The van der Waals surface area contributed by atoms with E-state index in [2.05, 4.69) is 5.32 Å². The number of nitrogens with one attached hydrogen (secondary N) is 1. The van der Waals surface area contributed by atoms with Gasteiger partial charge in [-0.1, -0.05) is 29.8 Å². The van der Waals surface area contributed by atoms with E-state index in [0.717, 1.165) is 11.6 Å². The van der Waals surface area contributed by atoms with E-state index in [4.69, 9.17) is 11.6 Å². The van der Waals surface area contributed by atoms with Gasteiger partial charge in [-0.15, -0.1) is 0 Å². The molecule has 0 radical (unpaired) electrons. The number of hydrogen-bond acceptors (Lipinski definition) is 2. The summed E-state index contributed by atoms with van der Waals surface area (Å²) in [6, 6.07) is 17.2. The van der Waals surface area contributed by atoms with E-state index in [9.17, 15) is 13.6 Å². The van der Waals surface area contributed by atoms with Gasteiger partial charge in [0.15, 0.2) is 0 Å². The second-order valence-electron chi connectivity index (χ2n) is 5.91. The molecule has 0 bridgehead atoms. The summed E-state index contributed by atoms with van der Waals surface area (Å²) in [6.45, 7) is 0. The van der Waals surface area contributed by atoms with E-state index in [0.29, 0.717) is 16.3 Å². The molecule has 0 saturated heterocycles. The Kier molecular flexibility index (Phi) is 4.09. The molecule has 1 N–H and O–H groups in total. The number of carbonyl (C=O) groups excluding carboxylic acids is 1. The summed E-state index contributed by atoms with van der Waals surface area (Å²) in [4.78, 5) is 14.5. The Morgan fingerprint density at radius 1 is 0.962 bits per heavy atom. The van der Waals surface area contributed by atoms with Crippen molar-refractivity contribution >= 4 is 28.9 Å². The quantitative estimate of drug-likeness (QED) is 0.670. The monoisotopic (exact) mass is 370 g/mol. The molecule has 3 nitrogen and oxygen atoms in total. The van der Waals surface area contributed by atoms with Gasteiger partial charge in [-0.05, 0) is 42.5 Å². The third-order valence-corrected chi connectivity index (χ3v) is 4.54. The normalized spacial score (nSPS) is 15.9. The molecule has 1 atom stereocenters. The van der Waals surface area contributed by atoms with Crippen molar-refractivity contribution in [1.29, 1.82) is 0 Å². The number of hydrogen-bond donors (Lipinski definition) is 1. The highest BCUT2D eigenvalue weighted by molar-refractivity contribution is 6.30. The molecule has 0 aromatic heterocycles. The van der Waals surface area contributed by atoms with Crippen LogP contribution >= 0.6 is 11.6 Å². The molecule has 1 aliphatic heterocycles. The van der Waals surface area contributed by atoms with Gasteiger partial charge in [0, 0.05) is 27.9 Å². The predicted octanol–water partition coefficient (Wildman–Crippen LogP) is 5.39. The molecule has 26 heavy (non-hydrogen) atoms. The number of rotatable bonds is 3. The molecule has 1 amide bonds. The minimum Gasteiger partial charge on any atom is -0.359 e. The third kappa shape index (κ3) is 2.80. The van der Waals surface area contributed by atoms with Crippen molar-refractivity contribution in [2.24, 2.45) is 0 Å². The Hall–Kier alpha value is -2.92. The topological polar surface area (TPSA) is 32.3 Å². The summed E-state index contributed by atoms with van der Waals surface area (Å²) in [5.74, 6) is -1.59. The van der Waals surface area contributed by atoms with Gasteiger partial charge in [-0.2, -0.15) is 0 Å². The van der Waals surface area contributed by atoms with Gasteiger partial charge in [-0.3, -0.25) is 9.69 Å². The maximum absolute atomic E-state index is 14.1. The van der Waals surface area contributed by atoms with Crippen LogP contribution < -0.4 is 10.2 Å². The number of fused-ring (bicyclic) bond motifs is 1. The zero-order valence-corrected chi connectivity index (χ0v) is 14.2. The van der Waals surface area contributed by atoms with Crippen LogP contribution in [0, 0.1) is 11.6 Å². The summed E-state index contributed by atoms with van der Waals surface area (Å²) in [6.07, 6.45) is -0.625. The maximum atomic E-state index is 14.1. The highest BCUT2D eigenvalue weighted by atomic mass is 35.5. The Labute approximate surface area is 153 Å². The van der Waals surface area contributed by atoms with E-state index >= 15 is 0 Å². The van der Waals surface area contributed by atoms with Crippen LogP contribution in [0.2, 0.25) is 5.02 Å². The van der Waals surface area contributed by atoms with Crippen LogP contribution in [0.5, 0.6) is 0 Å². The fourth-order valence-electron chi connectivity index (χ4n) is 3.08. The number of carbonyl (C=O) groups is 1.